The standard InChI is InChI=1S/C30H37N/c1-8-10-11-23-17-25(15-14-22(23)9-2)27-21(7)28(24-13-12-19(5)20(6)16-24)30-29(31-30)26(27)18(3)4/h12-18,31H,8-11H2,1-7H3. The molecule has 3 aromatic carbocycles. The van der Waals surface area contributed by atoms with Gasteiger partial charge in [-0.15, -0.1) is 0 Å². The summed E-state index contributed by atoms with van der Waals surface area (Å²) < 4.78 is 0. The smallest absolute Gasteiger partial charge is 0.0709 e. The van der Waals surface area contributed by atoms with E-state index in [1.165, 1.54) is 86.3 Å². The van der Waals surface area contributed by atoms with E-state index < -0.39 is 0 Å². The highest BCUT2D eigenvalue weighted by Gasteiger charge is 2.32. The first-order chi connectivity index (χ1) is 14.9. The van der Waals surface area contributed by atoms with Crippen LogP contribution in [-0.2, 0) is 12.8 Å². The number of benzene rings is 3. The van der Waals surface area contributed by atoms with Gasteiger partial charge in [-0.3, -0.25) is 0 Å². The van der Waals surface area contributed by atoms with Gasteiger partial charge in [-0.25, -0.2) is 0 Å². The molecule has 0 saturated carbocycles. The lowest BCUT2D eigenvalue weighted by molar-refractivity contribution is 0.787. The summed E-state index contributed by atoms with van der Waals surface area (Å²) in [6, 6.07) is 14.1. The molecule has 31 heavy (non-hydrogen) atoms. The van der Waals surface area contributed by atoms with E-state index in [9.17, 15) is 0 Å². The summed E-state index contributed by atoms with van der Waals surface area (Å²) in [7, 11) is 0. The molecule has 1 nitrogen and oxygen atoms in total. The van der Waals surface area contributed by atoms with E-state index in [0.29, 0.717) is 5.92 Å². The molecule has 0 atom stereocenters. The Morgan fingerprint density at radius 3 is 2.13 bits per heavy atom. The topological polar surface area (TPSA) is 21.9 Å². The second-order valence-corrected chi connectivity index (χ2v) is 9.56. The first-order valence-corrected chi connectivity index (χ1v) is 12.0. The normalized spacial score (nSPS) is 12.1. The molecular weight excluding hydrogens is 374 g/mol. The summed E-state index contributed by atoms with van der Waals surface area (Å²) in [4.78, 5) is 0. The zero-order chi connectivity index (χ0) is 22.3. The summed E-state index contributed by atoms with van der Waals surface area (Å²) in [6.07, 6.45) is 4.78. The maximum atomic E-state index is 3.66. The van der Waals surface area contributed by atoms with Gasteiger partial charge in [0.15, 0.2) is 0 Å². The minimum absolute atomic E-state index is 0.483. The summed E-state index contributed by atoms with van der Waals surface area (Å²) in [5.41, 5.74) is 16.8. The van der Waals surface area contributed by atoms with Crippen LogP contribution in [0.5, 0.6) is 0 Å². The van der Waals surface area contributed by atoms with Crippen LogP contribution < -0.4 is 5.32 Å². The van der Waals surface area contributed by atoms with Crippen molar-refractivity contribution in [3.05, 3.63) is 69.8 Å². The van der Waals surface area contributed by atoms with Gasteiger partial charge < -0.3 is 5.32 Å². The zero-order valence-corrected chi connectivity index (χ0v) is 20.4. The average molecular weight is 412 g/mol. The molecule has 0 spiro atoms. The molecule has 162 valence electrons. The largest absolute Gasteiger partial charge is 0.351 e. The molecule has 0 radical (unpaired) electrons. The summed E-state index contributed by atoms with van der Waals surface area (Å²) in [6.45, 7) is 15.9. The van der Waals surface area contributed by atoms with E-state index in [1.807, 2.05) is 0 Å². The van der Waals surface area contributed by atoms with Crippen molar-refractivity contribution in [1.82, 2.24) is 0 Å². The number of hydrogen-bond acceptors (Lipinski definition) is 1. The third kappa shape index (κ3) is 3.91. The third-order valence-corrected chi connectivity index (χ3v) is 7.02. The maximum absolute atomic E-state index is 3.66. The van der Waals surface area contributed by atoms with E-state index in [-0.39, 0.29) is 0 Å². The molecule has 1 N–H and O–H groups in total. The number of unbranched alkanes of at least 4 members (excludes halogenated alkanes) is 1. The Labute approximate surface area is 188 Å². The van der Waals surface area contributed by atoms with Crippen LogP contribution in [0.25, 0.3) is 22.3 Å². The summed E-state index contributed by atoms with van der Waals surface area (Å²) >= 11 is 0. The summed E-state index contributed by atoms with van der Waals surface area (Å²) in [5.74, 6) is 0.483. The lowest BCUT2D eigenvalue weighted by atomic mass is 9.83. The van der Waals surface area contributed by atoms with Gasteiger partial charge in [0, 0.05) is 5.56 Å². The lowest BCUT2D eigenvalue weighted by Gasteiger charge is -2.20. The summed E-state index contributed by atoms with van der Waals surface area (Å²) in [5, 5.41) is 3.66. The van der Waals surface area contributed by atoms with Crippen LogP contribution in [0.2, 0.25) is 0 Å². The predicted molar refractivity (Wildman–Crippen MR) is 137 cm³/mol. The van der Waals surface area contributed by atoms with Crippen molar-refractivity contribution < 1.29 is 0 Å². The van der Waals surface area contributed by atoms with Crippen LogP contribution in [0.1, 0.15) is 79.8 Å². The Bertz CT molecular complexity index is 1130. The fourth-order valence-electron chi connectivity index (χ4n) is 5.06. The van der Waals surface area contributed by atoms with Crippen LogP contribution in [0, 0.1) is 20.8 Å². The Balaban J connectivity index is 1.94. The molecule has 0 fully saturated rings. The molecule has 1 aliphatic heterocycles. The van der Waals surface area contributed by atoms with Gasteiger partial charge in [0.1, 0.15) is 0 Å². The van der Waals surface area contributed by atoms with E-state index in [1.54, 1.807) is 0 Å². The molecule has 0 bridgehead atoms. The van der Waals surface area contributed by atoms with Crippen molar-refractivity contribution in [3.63, 3.8) is 0 Å². The van der Waals surface area contributed by atoms with Gasteiger partial charge in [0.2, 0.25) is 0 Å². The predicted octanol–water partition coefficient (Wildman–Crippen LogP) is 9.03. The monoisotopic (exact) mass is 411 g/mol. The van der Waals surface area contributed by atoms with E-state index in [0.717, 1.165) is 6.42 Å². The molecule has 0 saturated heterocycles. The molecule has 4 rings (SSSR count). The van der Waals surface area contributed by atoms with Crippen LogP contribution in [0.3, 0.4) is 0 Å². The Morgan fingerprint density at radius 2 is 1.48 bits per heavy atom. The minimum Gasteiger partial charge on any atom is -0.351 e. The van der Waals surface area contributed by atoms with Crippen molar-refractivity contribution in [2.45, 2.75) is 80.1 Å². The number of fused-ring (bicyclic) bond motifs is 1. The van der Waals surface area contributed by atoms with Gasteiger partial charge in [-0.1, -0.05) is 70.5 Å². The lowest BCUT2D eigenvalue weighted by Crippen LogP contribution is -1.99. The number of rotatable bonds is 7. The first-order valence-electron chi connectivity index (χ1n) is 12.0. The molecule has 0 aromatic heterocycles. The molecule has 0 amide bonds. The molecule has 1 heterocycles. The van der Waals surface area contributed by atoms with Crippen LogP contribution in [0.15, 0.2) is 36.4 Å². The average Bonchev–Trinajstić information content (AvgIpc) is 3.53. The molecule has 1 aliphatic rings. The van der Waals surface area contributed by atoms with Gasteiger partial charge >= 0.3 is 0 Å². The quantitative estimate of drug-likeness (QED) is 0.301. The Hall–Kier alpha value is -2.54. The first kappa shape index (κ1) is 21.7. The Kier molecular flexibility index (Phi) is 5.97. The van der Waals surface area contributed by atoms with Crippen molar-refractivity contribution >= 4 is 11.4 Å². The van der Waals surface area contributed by atoms with Crippen molar-refractivity contribution in [2.24, 2.45) is 0 Å². The van der Waals surface area contributed by atoms with E-state index in [4.69, 9.17) is 0 Å². The highest BCUT2D eigenvalue weighted by molar-refractivity contribution is 6.09. The van der Waals surface area contributed by atoms with E-state index in [2.05, 4.69) is 90.2 Å². The molecule has 0 aliphatic carbocycles. The zero-order valence-electron chi connectivity index (χ0n) is 20.4. The third-order valence-electron chi connectivity index (χ3n) is 7.02. The van der Waals surface area contributed by atoms with Crippen molar-refractivity contribution in [2.75, 3.05) is 5.32 Å². The van der Waals surface area contributed by atoms with Crippen molar-refractivity contribution in [3.8, 4) is 22.3 Å². The van der Waals surface area contributed by atoms with Crippen molar-refractivity contribution in [1.29, 1.82) is 0 Å². The molecular formula is C30H37N. The fourth-order valence-corrected chi connectivity index (χ4v) is 5.06. The van der Waals surface area contributed by atoms with Gasteiger partial charge in [0.05, 0.1) is 11.4 Å². The fraction of sp³-hybridized carbons (Fsp3) is 0.400. The van der Waals surface area contributed by atoms with Crippen LogP contribution >= 0.6 is 0 Å². The number of nitrogens with one attached hydrogen (secondary N) is 1. The Morgan fingerprint density at radius 1 is 0.774 bits per heavy atom. The molecule has 1 heteroatoms. The number of aryl methyl sites for hydroxylation is 4. The van der Waals surface area contributed by atoms with Gasteiger partial charge in [-0.2, -0.15) is 0 Å². The second kappa shape index (κ2) is 8.54. The molecule has 0 unspecified atom stereocenters. The molecule has 3 aromatic rings. The highest BCUT2D eigenvalue weighted by atomic mass is 15.0. The SMILES string of the molecule is CCCCc1cc(-c2c(C)c(-c3ccc(C)c(C)c3)c3c(c2C(C)C)N3)ccc1CC. The van der Waals surface area contributed by atoms with Gasteiger partial charge in [0.25, 0.3) is 0 Å². The van der Waals surface area contributed by atoms with Crippen LogP contribution in [0.4, 0.5) is 11.4 Å². The van der Waals surface area contributed by atoms with Gasteiger partial charge in [-0.05, 0) is 96.0 Å². The second-order valence-electron chi connectivity index (χ2n) is 9.56. The number of hydrogen-bond donors (Lipinski definition) is 1. The minimum atomic E-state index is 0.483. The highest BCUT2D eigenvalue weighted by Crippen LogP contribution is 2.57. The van der Waals surface area contributed by atoms with Crippen LogP contribution in [-0.4, -0.2) is 0 Å². The van der Waals surface area contributed by atoms with E-state index >= 15 is 0 Å². The number of anilines is 2. The maximum Gasteiger partial charge on any atom is 0.0709 e.